The summed E-state index contributed by atoms with van der Waals surface area (Å²) in [7, 11) is 0. The van der Waals surface area contributed by atoms with E-state index in [-0.39, 0.29) is 18.5 Å². The number of nitrogens with zero attached hydrogens (tertiary/aromatic N) is 2. The van der Waals surface area contributed by atoms with E-state index in [0.717, 1.165) is 17.9 Å². The van der Waals surface area contributed by atoms with Crippen LogP contribution >= 0.6 is 11.8 Å². The van der Waals surface area contributed by atoms with Crippen LogP contribution in [0.5, 0.6) is 0 Å². The Morgan fingerprint density at radius 3 is 2.74 bits per heavy atom. The predicted octanol–water partition coefficient (Wildman–Crippen LogP) is 2.01. The van der Waals surface area contributed by atoms with Crippen LogP contribution in [0.15, 0.2) is 30.3 Å². The summed E-state index contributed by atoms with van der Waals surface area (Å²) >= 11 is 1.56. The molecule has 1 aromatic rings. The molecule has 0 aliphatic carbocycles. The van der Waals surface area contributed by atoms with Gasteiger partial charge in [-0.1, -0.05) is 18.2 Å². The van der Waals surface area contributed by atoms with E-state index in [1.54, 1.807) is 11.8 Å². The highest BCUT2D eigenvalue weighted by atomic mass is 32.2. The van der Waals surface area contributed by atoms with Crippen molar-refractivity contribution < 1.29 is 4.79 Å². The van der Waals surface area contributed by atoms with E-state index in [2.05, 4.69) is 0 Å². The molecule has 0 aliphatic heterocycles. The van der Waals surface area contributed by atoms with Gasteiger partial charge in [-0.15, -0.1) is 0 Å². The average molecular weight is 277 g/mol. The van der Waals surface area contributed by atoms with E-state index in [1.165, 1.54) is 4.90 Å². The zero-order valence-electron chi connectivity index (χ0n) is 11.1. The van der Waals surface area contributed by atoms with E-state index < -0.39 is 0 Å². The summed E-state index contributed by atoms with van der Waals surface area (Å²) < 4.78 is 0. The molecule has 4 nitrogen and oxygen atoms in total. The molecule has 0 saturated carbocycles. The molecule has 0 spiro atoms. The zero-order valence-corrected chi connectivity index (χ0v) is 11.9. The van der Waals surface area contributed by atoms with E-state index in [4.69, 9.17) is 11.0 Å². The number of hydrogen-bond acceptors (Lipinski definition) is 4. The number of nitriles is 1. The molecule has 0 fully saturated rings. The van der Waals surface area contributed by atoms with Gasteiger partial charge in [0.2, 0.25) is 5.91 Å². The summed E-state index contributed by atoms with van der Waals surface area (Å²) in [6.45, 7) is 2.03. The highest BCUT2D eigenvalue weighted by molar-refractivity contribution is 7.99. The summed E-state index contributed by atoms with van der Waals surface area (Å²) in [5, 5.41) is 8.82. The SMILES string of the molecule is CC(N)CCSCC(=O)N(CC#N)c1ccccc1. The quantitative estimate of drug-likeness (QED) is 0.611. The van der Waals surface area contributed by atoms with E-state index in [0.29, 0.717) is 5.75 Å². The number of nitrogens with two attached hydrogens (primary N) is 1. The van der Waals surface area contributed by atoms with E-state index in [9.17, 15) is 4.79 Å². The summed E-state index contributed by atoms with van der Waals surface area (Å²) in [5.41, 5.74) is 6.42. The molecule has 1 aromatic carbocycles. The fraction of sp³-hybridized carbons (Fsp3) is 0.429. The van der Waals surface area contributed by atoms with Crippen LogP contribution in [0.1, 0.15) is 13.3 Å². The van der Waals surface area contributed by atoms with Crippen molar-refractivity contribution in [3.8, 4) is 6.07 Å². The lowest BCUT2D eigenvalue weighted by molar-refractivity contribution is -0.116. The lowest BCUT2D eigenvalue weighted by Crippen LogP contribution is -2.32. The van der Waals surface area contributed by atoms with Crippen molar-refractivity contribution >= 4 is 23.4 Å². The van der Waals surface area contributed by atoms with Crippen LogP contribution in [0.3, 0.4) is 0 Å². The molecule has 19 heavy (non-hydrogen) atoms. The Kier molecular flexibility index (Phi) is 7.01. The maximum Gasteiger partial charge on any atom is 0.237 e. The first-order chi connectivity index (χ1) is 9.15. The first kappa shape index (κ1) is 15.5. The molecule has 5 heteroatoms. The molecule has 0 saturated heterocycles. The summed E-state index contributed by atoms with van der Waals surface area (Å²) in [6, 6.07) is 11.5. The molecular formula is C14H19N3OS. The third-order valence-corrected chi connectivity index (χ3v) is 3.52. The van der Waals surface area contributed by atoms with Gasteiger partial charge in [0.15, 0.2) is 0 Å². The van der Waals surface area contributed by atoms with Gasteiger partial charge in [0.1, 0.15) is 6.54 Å². The topological polar surface area (TPSA) is 70.1 Å². The van der Waals surface area contributed by atoms with Crippen molar-refractivity contribution in [2.75, 3.05) is 23.0 Å². The Morgan fingerprint density at radius 2 is 2.16 bits per heavy atom. The molecule has 0 heterocycles. The van der Waals surface area contributed by atoms with Crippen LogP contribution in [0.4, 0.5) is 5.69 Å². The van der Waals surface area contributed by atoms with Crippen LogP contribution in [-0.2, 0) is 4.79 Å². The maximum atomic E-state index is 12.1. The lowest BCUT2D eigenvalue weighted by atomic mass is 10.3. The molecular weight excluding hydrogens is 258 g/mol. The Labute approximate surface area is 118 Å². The van der Waals surface area contributed by atoms with Crippen LogP contribution in [0.25, 0.3) is 0 Å². The largest absolute Gasteiger partial charge is 0.328 e. The van der Waals surface area contributed by atoms with Gasteiger partial charge < -0.3 is 5.73 Å². The van der Waals surface area contributed by atoms with Gasteiger partial charge >= 0.3 is 0 Å². The van der Waals surface area contributed by atoms with Gasteiger partial charge in [0.05, 0.1) is 11.8 Å². The second-order valence-corrected chi connectivity index (χ2v) is 5.40. The summed E-state index contributed by atoms with van der Waals surface area (Å²) in [5.74, 6) is 1.20. The molecule has 1 rings (SSSR count). The van der Waals surface area contributed by atoms with Gasteiger partial charge in [-0.2, -0.15) is 17.0 Å². The van der Waals surface area contributed by atoms with Crippen LogP contribution in [0, 0.1) is 11.3 Å². The van der Waals surface area contributed by atoms with Gasteiger partial charge in [0.25, 0.3) is 0 Å². The lowest BCUT2D eigenvalue weighted by Gasteiger charge is -2.19. The molecule has 0 aromatic heterocycles. The number of rotatable bonds is 7. The number of carbonyl (C=O) groups excluding carboxylic acids is 1. The monoisotopic (exact) mass is 277 g/mol. The molecule has 0 radical (unpaired) electrons. The maximum absolute atomic E-state index is 12.1. The van der Waals surface area contributed by atoms with Gasteiger partial charge in [0, 0.05) is 11.7 Å². The number of amides is 1. The molecule has 0 aliphatic rings. The average Bonchev–Trinajstić information content (AvgIpc) is 2.41. The van der Waals surface area contributed by atoms with Crippen LogP contribution < -0.4 is 10.6 Å². The van der Waals surface area contributed by atoms with Gasteiger partial charge in [-0.3, -0.25) is 9.69 Å². The number of thioether (sulfide) groups is 1. The van der Waals surface area contributed by atoms with Gasteiger partial charge in [-0.25, -0.2) is 0 Å². The van der Waals surface area contributed by atoms with Crippen molar-refractivity contribution in [2.45, 2.75) is 19.4 Å². The smallest absolute Gasteiger partial charge is 0.237 e. The highest BCUT2D eigenvalue weighted by Gasteiger charge is 2.14. The predicted molar refractivity (Wildman–Crippen MR) is 80.0 cm³/mol. The number of anilines is 1. The first-order valence-electron chi connectivity index (χ1n) is 6.21. The first-order valence-corrected chi connectivity index (χ1v) is 7.36. The van der Waals surface area contributed by atoms with Crippen LogP contribution in [0.2, 0.25) is 0 Å². The Balaban J connectivity index is 2.53. The number of benzene rings is 1. The molecule has 1 atom stereocenters. The second-order valence-electron chi connectivity index (χ2n) is 4.29. The minimum atomic E-state index is -0.0394. The van der Waals surface area contributed by atoms with Crippen LogP contribution in [-0.4, -0.2) is 30.0 Å². The standard InChI is InChI=1S/C14H19N3OS/c1-12(16)7-10-19-11-14(18)17(9-8-15)13-5-3-2-4-6-13/h2-6,12H,7,9-11,16H2,1H3. The number of para-hydroxylation sites is 1. The second kappa shape index (κ2) is 8.57. The number of hydrogen-bond donors (Lipinski definition) is 1. The highest BCUT2D eigenvalue weighted by Crippen LogP contribution is 2.15. The Hall–Kier alpha value is -1.51. The molecule has 1 amide bonds. The van der Waals surface area contributed by atoms with Crippen molar-refractivity contribution in [3.63, 3.8) is 0 Å². The zero-order chi connectivity index (χ0) is 14.1. The molecule has 2 N–H and O–H groups in total. The third kappa shape index (κ3) is 5.77. The van der Waals surface area contributed by atoms with E-state index >= 15 is 0 Å². The summed E-state index contributed by atoms with van der Waals surface area (Å²) in [4.78, 5) is 13.6. The number of carbonyl (C=O) groups is 1. The van der Waals surface area contributed by atoms with Crippen molar-refractivity contribution in [1.82, 2.24) is 0 Å². The van der Waals surface area contributed by atoms with Crippen molar-refractivity contribution in [3.05, 3.63) is 30.3 Å². The molecule has 102 valence electrons. The summed E-state index contributed by atoms with van der Waals surface area (Å²) in [6.07, 6.45) is 0.890. The molecule has 1 unspecified atom stereocenters. The van der Waals surface area contributed by atoms with E-state index in [1.807, 2.05) is 43.3 Å². The van der Waals surface area contributed by atoms with Crippen molar-refractivity contribution in [1.29, 1.82) is 5.26 Å². The minimum Gasteiger partial charge on any atom is -0.328 e. The normalized spacial score (nSPS) is 11.6. The van der Waals surface area contributed by atoms with Crippen molar-refractivity contribution in [2.24, 2.45) is 5.73 Å². The minimum absolute atomic E-state index is 0.0394. The Bertz CT molecular complexity index is 428. The Morgan fingerprint density at radius 1 is 1.47 bits per heavy atom. The molecule has 0 bridgehead atoms. The fourth-order valence-electron chi connectivity index (χ4n) is 1.51. The third-order valence-electron chi connectivity index (χ3n) is 2.54. The fourth-order valence-corrected chi connectivity index (χ4v) is 2.52. The van der Waals surface area contributed by atoms with Gasteiger partial charge in [-0.05, 0) is 31.2 Å².